The molecule has 0 amide bonds. The minimum atomic E-state index is 0.918. The van der Waals surface area contributed by atoms with Gasteiger partial charge in [-0.2, -0.15) is 0 Å². The lowest BCUT2D eigenvalue weighted by molar-refractivity contribution is 0.959. The van der Waals surface area contributed by atoms with Gasteiger partial charge in [-0.15, -0.1) is 0 Å². The number of nitrogens with zero attached hydrogens (tertiary/aromatic N) is 6. The summed E-state index contributed by atoms with van der Waals surface area (Å²) in [6, 6.07) is 92.8. The Balaban J connectivity index is 0.998. The molecule has 0 unspecified atom stereocenters. The molecule has 13 aromatic rings. The van der Waals surface area contributed by atoms with Gasteiger partial charge in [0.2, 0.25) is 0 Å². The second kappa shape index (κ2) is 18.7. The predicted molar refractivity (Wildman–Crippen MR) is 325 cm³/mol. The quantitative estimate of drug-likeness (QED) is 0.151. The van der Waals surface area contributed by atoms with Crippen LogP contribution in [-0.4, -0.2) is 19.1 Å². The fourth-order valence-electron chi connectivity index (χ4n) is 11.6. The van der Waals surface area contributed by atoms with Crippen molar-refractivity contribution in [2.24, 2.45) is 14.1 Å². The lowest BCUT2D eigenvalue weighted by Gasteiger charge is -2.33. The first kappa shape index (κ1) is 46.0. The van der Waals surface area contributed by atoms with Gasteiger partial charge in [0, 0.05) is 56.2 Å². The molecular formula is C70H48N6S2. The molecule has 0 saturated carbocycles. The number of fused-ring (bicyclic) bond motifs is 6. The Hall–Kier alpha value is -9.34. The third-order valence-electron chi connectivity index (χ3n) is 15.3. The van der Waals surface area contributed by atoms with Crippen molar-refractivity contribution in [2.45, 2.75) is 19.6 Å². The van der Waals surface area contributed by atoms with Crippen LogP contribution in [0.2, 0.25) is 0 Å². The maximum Gasteiger partial charge on any atom is 0.140 e. The van der Waals surface area contributed by atoms with Gasteiger partial charge in [0.1, 0.15) is 11.6 Å². The summed E-state index contributed by atoms with van der Waals surface area (Å²) in [5.74, 6) is 1.84. The Morgan fingerprint density at radius 3 is 1.10 bits per heavy atom. The molecule has 370 valence electrons. The second-order valence-corrected chi connectivity index (χ2v) is 22.1. The summed E-state index contributed by atoms with van der Waals surface area (Å²) in [7, 11) is 4.23. The number of rotatable bonds is 8. The van der Waals surface area contributed by atoms with Crippen LogP contribution < -0.4 is 9.80 Å². The SMILES string of the molecule is Cn1c(-c2cccc(-c3cc(-c4cccc(N5c6ccccc6Sc6ccccc65)c4)c(-c4cccc(-c5nc6ccccc6n5C)c4)c(-c4cccc(N5c6ccccc6Sc6ccccc65)c4)c3)c2)nc2ccccc21. The number of imidazole rings is 2. The minimum Gasteiger partial charge on any atom is -0.327 e. The molecular weight excluding hydrogens is 989 g/mol. The maximum absolute atomic E-state index is 5.23. The lowest BCUT2D eigenvalue weighted by atomic mass is 9.84. The average Bonchev–Trinajstić information content (AvgIpc) is 4.16. The van der Waals surface area contributed by atoms with Gasteiger partial charge in [0.15, 0.2) is 0 Å². The third kappa shape index (κ3) is 7.74. The average molecular weight is 1040 g/mol. The topological polar surface area (TPSA) is 42.1 Å². The van der Waals surface area contributed by atoms with Gasteiger partial charge in [-0.1, -0.05) is 157 Å². The number of aryl methyl sites for hydroxylation is 2. The zero-order chi connectivity index (χ0) is 51.8. The lowest BCUT2D eigenvalue weighted by Crippen LogP contribution is -2.14. The fourth-order valence-corrected chi connectivity index (χ4v) is 13.7. The molecule has 2 aliphatic rings. The van der Waals surface area contributed by atoms with E-state index in [0.717, 1.165) is 123 Å². The third-order valence-corrected chi connectivity index (χ3v) is 17.5. The molecule has 0 aliphatic carbocycles. The highest BCUT2D eigenvalue weighted by atomic mass is 32.2. The van der Waals surface area contributed by atoms with Crippen molar-refractivity contribution < 1.29 is 0 Å². The highest BCUT2D eigenvalue weighted by Gasteiger charge is 2.28. The standard InChI is InChI=1S/C70H48N6S2/c1-73-58-29-5-3-27-56(58)71-69(73)49-23-15-19-45(39-49)51-43-54(46-20-17-25-52(41-46)75-60-31-7-11-35-64(60)77-65-36-12-8-32-61(65)75)68(48-22-16-24-50(40-48)70-72-57-28-4-6-30-59(57)74(70)2)55(44-51)47-21-18-26-53(42-47)76-62-33-9-13-37-66(62)78-67-38-14-10-34-63(67)76/h3-44H,1-2H3. The van der Waals surface area contributed by atoms with E-state index in [2.05, 4.69) is 288 Å². The van der Waals surface area contributed by atoms with Crippen LogP contribution in [0.3, 0.4) is 0 Å². The molecule has 15 rings (SSSR count). The summed E-state index contributed by atoms with van der Waals surface area (Å²) >= 11 is 3.66. The van der Waals surface area contributed by atoms with Crippen molar-refractivity contribution in [3.63, 3.8) is 0 Å². The predicted octanol–water partition coefficient (Wildman–Crippen LogP) is 19.3. The van der Waals surface area contributed by atoms with Gasteiger partial charge in [0.25, 0.3) is 0 Å². The maximum atomic E-state index is 5.23. The zero-order valence-electron chi connectivity index (χ0n) is 42.7. The molecule has 0 fully saturated rings. The van der Waals surface area contributed by atoms with Crippen molar-refractivity contribution >= 4 is 79.7 Å². The summed E-state index contributed by atoms with van der Waals surface area (Å²) in [6.07, 6.45) is 0. The van der Waals surface area contributed by atoms with E-state index in [1.54, 1.807) is 0 Å². The van der Waals surface area contributed by atoms with Gasteiger partial charge in [-0.25, -0.2) is 9.97 Å². The van der Waals surface area contributed by atoms with Crippen LogP contribution in [0.15, 0.2) is 274 Å². The molecule has 4 heterocycles. The van der Waals surface area contributed by atoms with Gasteiger partial charge in [-0.05, 0) is 166 Å². The monoisotopic (exact) mass is 1040 g/mol. The Morgan fingerprint density at radius 2 is 0.654 bits per heavy atom. The van der Waals surface area contributed by atoms with Crippen LogP contribution in [0, 0.1) is 0 Å². The van der Waals surface area contributed by atoms with Gasteiger partial charge < -0.3 is 18.9 Å². The number of hydrogen-bond donors (Lipinski definition) is 0. The number of benzene rings is 11. The van der Waals surface area contributed by atoms with E-state index in [0.29, 0.717) is 0 Å². The smallest absolute Gasteiger partial charge is 0.140 e. The number of hydrogen-bond acceptors (Lipinski definition) is 6. The first-order valence-corrected chi connectivity index (χ1v) is 27.9. The van der Waals surface area contributed by atoms with E-state index in [9.17, 15) is 0 Å². The molecule has 78 heavy (non-hydrogen) atoms. The second-order valence-electron chi connectivity index (χ2n) is 19.9. The van der Waals surface area contributed by atoms with Crippen LogP contribution in [-0.2, 0) is 14.1 Å². The van der Waals surface area contributed by atoms with E-state index in [1.165, 1.54) is 19.6 Å². The van der Waals surface area contributed by atoms with Crippen LogP contribution in [0.25, 0.3) is 89.4 Å². The summed E-state index contributed by atoms with van der Waals surface area (Å²) in [5, 5.41) is 0. The Bertz CT molecular complexity index is 4280. The summed E-state index contributed by atoms with van der Waals surface area (Å²) in [5.41, 5.74) is 21.9. The zero-order valence-corrected chi connectivity index (χ0v) is 44.4. The van der Waals surface area contributed by atoms with Crippen LogP contribution >= 0.6 is 23.5 Å². The largest absolute Gasteiger partial charge is 0.327 e. The van der Waals surface area contributed by atoms with Crippen molar-refractivity contribution in [2.75, 3.05) is 9.80 Å². The fraction of sp³-hybridized carbons (Fsp3) is 0.0286. The highest BCUT2D eigenvalue weighted by Crippen LogP contribution is 2.54. The van der Waals surface area contributed by atoms with Crippen molar-refractivity contribution in [1.82, 2.24) is 19.1 Å². The first-order valence-electron chi connectivity index (χ1n) is 26.2. The van der Waals surface area contributed by atoms with E-state index >= 15 is 0 Å². The number of para-hydroxylation sites is 8. The van der Waals surface area contributed by atoms with Crippen LogP contribution in [0.5, 0.6) is 0 Å². The van der Waals surface area contributed by atoms with Crippen LogP contribution in [0.4, 0.5) is 34.1 Å². The minimum absolute atomic E-state index is 0.918. The Labute approximate surface area is 461 Å². The van der Waals surface area contributed by atoms with E-state index in [1.807, 2.05) is 23.5 Å². The molecule has 6 nitrogen and oxygen atoms in total. The summed E-state index contributed by atoms with van der Waals surface area (Å²) in [6.45, 7) is 0. The number of anilines is 6. The van der Waals surface area contributed by atoms with E-state index in [4.69, 9.17) is 9.97 Å². The highest BCUT2D eigenvalue weighted by molar-refractivity contribution is 8.00. The Kier molecular flexibility index (Phi) is 11.1. The van der Waals surface area contributed by atoms with E-state index in [-0.39, 0.29) is 0 Å². The summed E-state index contributed by atoms with van der Waals surface area (Å²) in [4.78, 5) is 20.2. The molecule has 0 bridgehead atoms. The molecule has 0 N–H and O–H groups in total. The molecule has 0 spiro atoms. The summed E-state index contributed by atoms with van der Waals surface area (Å²) < 4.78 is 4.41. The van der Waals surface area contributed by atoms with E-state index < -0.39 is 0 Å². The number of aromatic nitrogens is 4. The molecule has 0 saturated heterocycles. The molecule has 0 radical (unpaired) electrons. The van der Waals surface area contributed by atoms with Crippen molar-refractivity contribution in [1.29, 1.82) is 0 Å². The van der Waals surface area contributed by atoms with Gasteiger partial charge in [0.05, 0.1) is 44.8 Å². The first-order chi connectivity index (χ1) is 38.5. The van der Waals surface area contributed by atoms with Crippen molar-refractivity contribution in [3.8, 4) is 67.3 Å². The Morgan fingerprint density at radius 1 is 0.295 bits per heavy atom. The molecule has 11 aromatic carbocycles. The molecule has 8 heteroatoms. The van der Waals surface area contributed by atoms with Crippen LogP contribution in [0.1, 0.15) is 0 Å². The van der Waals surface area contributed by atoms with Gasteiger partial charge >= 0.3 is 0 Å². The van der Waals surface area contributed by atoms with Crippen molar-refractivity contribution in [3.05, 3.63) is 255 Å². The van der Waals surface area contributed by atoms with Gasteiger partial charge in [-0.3, -0.25) is 0 Å². The normalized spacial score (nSPS) is 12.6. The molecule has 2 aliphatic heterocycles. The molecule has 0 atom stereocenters. The molecule has 2 aromatic heterocycles.